The van der Waals surface area contributed by atoms with Gasteiger partial charge in [0.1, 0.15) is 12.4 Å². The van der Waals surface area contributed by atoms with Gasteiger partial charge in [-0.15, -0.1) is 12.4 Å². The van der Waals surface area contributed by atoms with E-state index in [0.717, 1.165) is 31.6 Å². The Morgan fingerprint density at radius 1 is 1.35 bits per heavy atom. The molecule has 1 fully saturated rings. The van der Waals surface area contributed by atoms with E-state index < -0.39 is 11.7 Å². The summed E-state index contributed by atoms with van der Waals surface area (Å²) in [6.45, 7) is 5.17. The van der Waals surface area contributed by atoms with Gasteiger partial charge in [-0.1, -0.05) is 6.92 Å². The zero-order chi connectivity index (χ0) is 18.5. The first-order chi connectivity index (χ1) is 11.7. The van der Waals surface area contributed by atoms with Gasteiger partial charge in [-0.3, -0.25) is 9.69 Å². The van der Waals surface area contributed by atoms with Gasteiger partial charge in [-0.05, 0) is 49.2 Å². The topological polar surface area (TPSA) is 67.6 Å². The third-order valence-corrected chi connectivity index (χ3v) is 4.37. The van der Waals surface area contributed by atoms with Gasteiger partial charge in [0.05, 0.1) is 18.7 Å². The summed E-state index contributed by atoms with van der Waals surface area (Å²) in [4.78, 5) is 14.0. The molecule has 0 spiro atoms. The van der Waals surface area contributed by atoms with Crippen LogP contribution < -0.4 is 15.8 Å². The zero-order valence-corrected chi connectivity index (χ0v) is 15.5. The van der Waals surface area contributed by atoms with E-state index in [1.54, 1.807) is 0 Å². The van der Waals surface area contributed by atoms with E-state index in [1.165, 1.54) is 12.1 Å². The fraction of sp³-hybridized carbons (Fsp3) is 0.588. The van der Waals surface area contributed by atoms with Gasteiger partial charge in [-0.2, -0.15) is 13.2 Å². The van der Waals surface area contributed by atoms with Crippen molar-refractivity contribution in [2.75, 3.05) is 39.3 Å². The highest BCUT2D eigenvalue weighted by Crippen LogP contribution is 2.30. The van der Waals surface area contributed by atoms with Crippen LogP contribution in [0.3, 0.4) is 0 Å². The Kier molecular flexibility index (Phi) is 8.17. The molecule has 0 saturated carbocycles. The van der Waals surface area contributed by atoms with E-state index >= 15 is 0 Å². The molecule has 9 heteroatoms. The number of ether oxygens (including phenoxy) is 1. The van der Waals surface area contributed by atoms with Gasteiger partial charge in [0.2, 0.25) is 5.91 Å². The second-order valence-corrected chi connectivity index (χ2v) is 6.70. The molecule has 0 radical (unpaired) electrons. The van der Waals surface area contributed by atoms with Crippen molar-refractivity contribution in [2.45, 2.75) is 19.5 Å². The smallest absolute Gasteiger partial charge is 0.416 e. The lowest BCUT2D eigenvalue weighted by atomic mass is 9.90. The molecule has 1 atom stereocenters. The minimum Gasteiger partial charge on any atom is -0.492 e. The van der Waals surface area contributed by atoms with Crippen molar-refractivity contribution in [2.24, 2.45) is 11.1 Å². The van der Waals surface area contributed by atoms with Crippen LogP contribution in [0.4, 0.5) is 13.2 Å². The highest BCUT2D eigenvalue weighted by Gasteiger charge is 2.33. The molecule has 5 nitrogen and oxygen atoms in total. The fourth-order valence-corrected chi connectivity index (χ4v) is 2.79. The average molecular weight is 396 g/mol. The van der Waals surface area contributed by atoms with Crippen LogP contribution in [0.1, 0.15) is 18.9 Å². The van der Waals surface area contributed by atoms with E-state index in [2.05, 4.69) is 17.1 Å². The molecule has 1 heterocycles. The molecule has 2 rings (SSSR count). The summed E-state index contributed by atoms with van der Waals surface area (Å²) in [5, 5.41) is 2.74. The number of nitrogens with two attached hydrogens (primary N) is 1. The number of hydrogen-bond acceptors (Lipinski definition) is 4. The molecule has 1 aliphatic rings. The standard InChI is InChI=1S/C17H24F3N3O2.ClH/c1-16(11-21)6-8-23(12-16)10-15(24)22-7-9-25-14-4-2-13(3-5-14)17(18,19)20;/h2-5H,6-12,21H2,1H3,(H,22,24);1H. The van der Waals surface area contributed by atoms with Gasteiger partial charge in [-0.25, -0.2) is 0 Å². The number of carbonyl (C=O) groups excluding carboxylic acids is 1. The normalized spacial score (nSPS) is 20.5. The number of hydrogen-bond donors (Lipinski definition) is 2. The Hall–Kier alpha value is -1.51. The zero-order valence-electron chi connectivity index (χ0n) is 14.6. The van der Waals surface area contributed by atoms with Crippen LogP contribution >= 0.6 is 12.4 Å². The van der Waals surface area contributed by atoms with Crippen molar-refractivity contribution >= 4 is 18.3 Å². The van der Waals surface area contributed by atoms with Gasteiger partial charge < -0.3 is 15.8 Å². The lowest BCUT2D eigenvalue weighted by Gasteiger charge is -2.22. The number of rotatable bonds is 7. The Morgan fingerprint density at radius 2 is 2.00 bits per heavy atom. The number of alkyl halides is 3. The number of likely N-dealkylation sites (tertiary alicyclic amines) is 1. The predicted octanol–water partition coefficient (Wildman–Crippen LogP) is 2.29. The lowest BCUT2D eigenvalue weighted by molar-refractivity contribution is -0.137. The Balaban J connectivity index is 0.00000338. The second kappa shape index (κ2) is 9.43. The molecule has 1 aromatic carbocycles. The monoisotopic (exact) mass is 395 g/mol. The maximum Gasteiger partial charge on any atom is 0.416 e. The van der Waals surface area contributed by atoms with Crippen LogP contribution in [0, 0.1) is 5.41 Å². The largest absolute Gasteiger partial charge is 0.492 e. The van der Waals surface area contributed by atoms with E-state index in [0.29, 0.717) is 25.4 Å². The van der Waals surface area contributed by atoms with Crippen LogP contribution in [0.15, 0.2) is 24.3 Å². The van der Waals surface area contributed by atoms with Gasteiger partial charge in [0, 0.05) is 6.54 Å². The quantitative estimate of drug-likeness (QED) is 0.695. The van der Waals surface area contributed by atoms with E-state index in [9.17, 15) is 18.0 Å². The Labute approximate surface area is 157 Å². The van der Waals surface area contributed by atoms with Crippen molar-refractivity contribution in [3.8, 4) is 5.75 Å². The maximum absolute atomic E-state index is 12.5. The molecule has 26 heavy (non-hydrogen) atoms. The van der Waals surface area contributed by atoms with E-state index in [-0.39, 0.29) is 30.3 Å². The number of nitrogens with zero attached hydrogens (tertiary/aromatic N) is 1. The van der Waals surface area contributed by atoms with Gasteiger partial charge in [0.15, 0.2) is 0 Å². The molecule has 1 unspecified atom stereocenters. The fourth-order valence-electron chi connectivity index (χ4n) is 2.79. The van der Waals surface area contributed by atoms with Crippen molar-refractivity contribution in [3.05, 3.63) is 29.8 Å². The number of nitrogens with one attached hydrogen (secondary N) is 1. The molecular weight excluding hydrogens is 371 g/mol. The summed E-state index contributed by atoms with van der Waals surface area (Å²) in [6, 6.07) is 4.47. The Morgan fingerprint density at radius 3 is 2.54 bits per heavy atom. The number of amides is 1. The molecule has 1 saturated heterocycles. The molecule has 1 aliphatic heterocycles. The molecular formula is C17H25ClF3N3O2. The summed E-state index contributed by atoms with van der Waals surface area (Å²) >= 11 is 0. The van der Waals surface area contributed by atoms with Crippen molar-refractivity contribution in [1.82, 2.24) is 10.2 Å². The molecule has 0 aliphatic carbocycles. The van der Waals surface area contributed by atoms with Crippen LogP contribution in [0.25, 0.3) is 0 Å². The summed E-state index contributed by atoms with van der Waals surface area (Å²) in [5.41, 5.74) is 5.10. The first-order valence-electron chi connectivity index (χ1n) is 8.21. The number of benzene rings is 1. The van der Waals surface area contributed by atoms with Crippen LogP contribution in [0.2, 0.25) is 0 Å². The van der Waals surface area contributed by atoms with Crippen LogP contribution in [0.5, 0.6) is 5.75 Å². The molecule has 0 aromatic heterocycles. The third-order valence-electron chi connectivity index (χ3n) is 4.37. The number of halogens is 4. The summed E-state index contributed by atoms with van der Waals surface area (Å²) < 4.78 is 42.7. The van der Waals surface area contributed by atoms with Crippen molar-refractivity contribution in [1.29, 1.82) is 0 Å². The summed E-state index contributed by atoms with van der Waals surface area (Å²) in [5.74, 6) is 0.234. The SMILES string of the molecule is CC1(CN)CCN(CC(=O)NCCOc2ccc(C(F)(F)F)cc2)C1.Cl. The van der Waals surface area contributed by atoms with Gasteiger partial charge >= 0.3 is 6.18 Å². The lowest BCUT2D eigenvalue weighted by Crippen LogP contribution is -2.39. The highest BCUT2D eigenvalue weighted by molar-refractivity contribution is 5.85. The first kappa shape index (κ1) is 22.5. The highest BCUT2D eigenvalue weighted by atomic mass is 35.5. The summed E-state index contributed by atoms with van der Waals surface area (Å²) in [7, 11) is 0. The predicted molar refractivity (Wildman–Crippen MR) is 95.4 cm³/mol. The molecule has 0 bridgehead atoms. The van der Waals surface area contributed by atoms with E-state index in [1.807, 2.05) is 0 Å². The average Bonchev–Trinajstić information content (AvgIpc) is 2.93. The van der Waals surface area contributed by atoms with Crippen molar-refractivity contribution in [3.63, 3.8) is 0 Å². The molecule has 148 valence electrons. The van der Waals surface area contributed by atoms with Crippen LogP contribution in [-0.4, -0.2) is 50.1 Å². The summed E-state index contributed by atoms with van der Waals surface area (Å²) in [6.07, 6.45) is -3.38. The Bertz CT molecular complexity index is 584. The molecule has 3 N–H and O–H groups in total. The van der Waals surface area contributed by atoms with Gasteiger partial charge in [0.25, 0.3) is 0 Å². The second-order valence-electron chi connectivity index (χ2n) is 6.70. The number of carbonyl (C=O) groups is 1. The van der Waals surface area contributed by atoms with Crippen LogP contribution in [-0.2, 0) is 11.0 Å². The third kappa shape index (κ3) is 6.66. The molecule has 1 aromatic rings. The minimum atomic E-state index is -4.36. The minimum absolute atomic E-state index is 0. The van der Waals surface area contributed by atoms with E-state index in [4.69, 9.17) is 10.5 Å². The first-order valence-corrected chi connectivity index (χ1v) is 8.21. The maximum atomic E-state index is 12.5. The molecule has 1 amide bonds. The van der Waals surface area contributed by atoms with Crippen molar-refractivity contribution < 1.29 is 22.7 Å².